The minimum atomic E-state index is -0.561. The molecule has 18 heavy (non-hydrogen) atoms. The third-order valence-corrected chi connectivity index (χ3v) is 4.12. The molecule has 2 aliphatic rings. The zero-order chi connectivity index (χ0) is 13.2. The van der Waals surface area contributed by atoms with Gasteiger partial charge in [0.05, 0.1) is 7.11 Å². The monoisotopic (exact) mass is 254 g/mol. The van der Waals surface area contributed by atoms with Crippen LogP contribution in [0.5, 0.6) is 0 Å². The van der Waals surface area contributed by atoms with Gasteiger partial charge in [-0.1, -0.05) is 6.42 Å². The van der Waals surface area contributed by atoms with E-state index < -0.39 is 5.54 Å². The third kappa shape index (κ3) is 3.45. The van der Waals surface area contributed by atoms with Crippen LogP contribution in [0.2, 0.25) is 0 Å². The predicted octanol–water partition coefficient (Wildman–Crippen LogP) is 1.40. The molecule has 2 aliphatic carbocycles. The first kappa shape index (κ1) is 13.8. The highest BCUT2D eigenvalue weighted by Crippen LogP contribution is 2.28. The van der Waals surface area contributed by atoms with E-state index in [-0.39, 0.29) is 5.97 Å². The van der Waals surface area contributed by atoms with Crippen LogP contribution in [-0.2, 0) is 9.53 Å². The van der Waals surface area contributed by atoms with Crippen molar-refractivity contribution in [3.63, 3.8) is 0 Å². The van der Waals surface area contributed by atoms with Crippen molar-refractivity contribution in [2.45, 2.75) is 50.6 Å². The Morgan fingerprint density at radius 3 is 2.50 bits per heavy atom. The van der Waals surface area contributed by atoms with Gasteiger partial charge in [0.25, 0.3) is 0 Å². The Morgan fingerprint density at radius 1 is 1.39 bits per heavy atom. The van der Waals surface area contributed by atoms with Crippen LogP contribution in [0, 0.1) is 5.92 Å². The average molecular weight is 254 g/mol. The van der Waals surface area contributed by atoms with Crippen molar-refractivity contribution >= 4 is 5.97 Å². The number of ether oxygens (including phenoxy) is 1. The summed E-state index contributed by atoms with van der Waals surface area (Å²) in [5.41, 5.74) is -0.561. The number of nitrogens with zero attached hydrogens (tertiary/aromatic N) is 1. The van der Waals surface area contributed by atoms with Gasteiger partial charge in [0.15, 0.2) is 0 Å². The molecule has 4 heteroatoms. The van der Waals surface area contributed by atoms with Gasteiger partial charge in [-0.25, -0.2) is 0 Å². The van der Waals surface area contributed by atoms with Gasteiger partial charge in [-0.15, -0.1) is 0 Å². The molecule has 0 amide bonds. The lowest BCUT2D eigenvalue weighted by atomic mass is 9.85. The number of esters is 1. The maximum atomic E-state index is 12.0. The van der Waals surface area contributed by atoms with Gasteiger partial charge in [0, 0.05) is 19.1 Å². The zero-order valence-corrected chi connectivity index (χ0v) is 11.9. The Bertz CT molecular complexity index is 300. The van der Waals surface area contributed by atoms with Crippen LogP contribution in [0.1, 0.15) is 39.0 Å². The lowest BCUT2D eigenvalue weighted by Crippen LogP contribution is -2.58. The fourth-order valence-corrected chi connectivity index (χ4v) is 2.79. The summed E-state index contributed by atoms with van der Waals surface area (Å²) in [5, 5.41) is 3.44. The lowest BCUT2D eigenvalue weighted by molar-refractivity contribution is -0.148. The first-order chi connectivity index (χ1) is 8.53. The number of rotatable bonds is 7. The van der Waals surface area contributed by atoms with Gasteiger partial charge >= 0.3 is 5.97 Å². The van der Waals surface area contributed by atoms with E-state index in [4.69, 9.17) is 4.74 Å². The Balaban J connectivity index is 1.87. The van der Waals surface area contributed by atoms with Crippen LogP contribution in [0.25, 0.3) is 0 Å². The van der Waals surface area contributed by atoms with E-state index in [2.05, 4.69) is 17.3 Å². The number of carbonyl (C=O) groups excluding carboxylic acids is 1. The molecule has 1 N–H and O–H groups in total. The molecule has 104 valence electrons. The molecular weight excluding hydrogens is 228 g/mol. The summed E-state index contributed by atoms with van der Waals surface area (Å²) in [6.45, 7) is 3.79. The van der Waals surface area contributed by atoms with E-state index in [9.17, 15) is 4.79 Å². The molecule has 1 unspecified atom stereocenters. The molecule has 1 atom stereocenters. The average Bonchev–Trinajstić information content (AvgIpc) is 3.05. The standard InChI is InChI=1S/C14H26N2O2/c1-14(13(17)18-3,15-12-7-8-12)10-16(2)9-11-5-4-6-11/h11-12,15H,4-10H2,1-3H3. The minimum absolute atomic E-state index is 0.144. The molecule has 0 heterocycles. The first-order valence-electron chi connectivity index (χ1n) is 7.08. The first-order valence-corrected chi connectivity index (χ1v) is 7.08. The third-order valence-electron chi connectivity index (χ3n) is 4.12. The molecule has 2 saturated carbocycles. The largest absolute Gasteiger partial charge is 0.468 e. The van der Waals surface area contributed by atoms with E-state index in [1.807, 2.05) is 6.92 Å². The van der Waals surface area contributed by atoms with E-state index >= 15 is 0 Å². The highest BCUT2D eigenvalue weighted by atomic mass is 16.5. The molecule has 4 nitrogen and oxygen atoms in total. The maximum absolute atomic E-state index is 12.0. The lowest BCUT2D eigenvalue weighted by Gasteiger charge is -2.36. The molecule has 0 saturated heterocycles. The van der Waals surface area contributed by atoms with Gasteiger partial charge in [-0.3, -0.25) is 10.1 Å². The molecule has 0 bridgehead atoms. The van der Waals surface area contributed by atoms with Crippen molar-refractivity contribution in [1.82, 2.24) is 10.2 Å². The Kier molecular flexibility index (Phi) is 4.28. The van der Waals surface area contributed by atoms with Crippen LogP contribution in [0.3, 0.4) is 0 Å². The molecule has 2 rings (SSSR count). The number of carbonyl (C=O) groups is 1. The molecular formula is C14H26N2O2. The second kappa shape index (κ2) is 5.57. The second-order valence-electron chi connectivity index (χ2n) is 6.24. The molecule has 0 aromatic carbocycles. The van der Waals surface area contributed by atoms with Gasteiger partial charge in [0.2, 0.25) is 0 Å². The number of hydrogen-bond acceptors (Lipinski definition) is 4. The predicted molar refractivity (Wildman–Crippen MR) is 71.4 cm³/mol. The van der Waals surface area contributed by atoms with Crippen LogP contribution in [0.4, 0.5) is 0 Å². The van der Waals surface area contributed by atoms with Crippen molar-refractivity contribution < 1.29 is 9.53 Å². The van der Waals surface area contributed by atoms with Gasteiger partial charge in [-0.2, -0.15) is 0 Å². The summed E-state index contributed by atoms with van der Waals surface area (Å²) >= 11 is 0. The summed E-state index contributed by atoms with van der Waals surface area (Å²) < 4.78 is 4.96. The number of nitrogens with one attached hydrogen (secondary N) is 1. The van der Waals surface area contributed by atoms with Crippen LogP contribution < -0.4 is 5.32 Å². The number of likely N-dealkylation sites (N-methyl/N-ethyl adjacent to an activating group) is 1. The minimum Gasteiger partial charge on any atom is -0.468 e. The Hall–Kier alpha value is -0.610. The summed E-state index contributed by atoms with van der Waals surface area (Å²) in [6.07, 6.45) is 6.41. The molecule has 2 fully saturated rings. The summed E-state index contributed by atoms with van der Waals surface area (Å²) in [5.74, 6) is 0.688. The number of hydrogen-bond donors (Lipinski definition) is 1. The summed E-state index contributed by atoms with van der Waals surface area (Å²) in [6, 6.07) is 0.506. The molecule has 0 spiro atoms. The van der Waals surface area contributed by atoms with Crippen molar-refractivity contribution in [2.75, 3.05) is 27.2 Å². The highest BCUT2D eigenvalue weighted by Gasteiger charge is 2.40. The number of methoxy groups -OCH3 is 1. The topological polar surface area (TPSA) is 41.6 Å². The zero-order valence-electron chi connectivity index (χ0n) is 11.9. The highest BCUT2D eigenvalue weighted by molar-refractivity contribution is 5.80. The fourth-order valence-electron chi connectivity index (χ4n) is 2.79. The smallest absolute Gasteiger partial charge is 0.327 e. The normalized spacial score (nSPS) is 23.6. The Labute approximate surface area is 110 Å². The SMILES string of the molecule is COC(=O)C(C)(CN(C)CC1CCC1)NC1CC1. The van der Waals surface area contributed by atoms with Crippen molar-refractivity contribution in [3.8, 4) is 0 Å². The van der Waals surface area contributed by atoms with Crippen molar-refractivity contribution in [1.29, 1.82) is 0 Å². The molecule has 0 aromatic rings. The van der Waals surface area contributed by atoms with Crippen molar-refractivity contribution in [3.05, 3.63) is 0 Å². The summed E-state index contributed by atoms with van der Waals surface area (Å²) in [7, 11) is 3.58. The molecule has 0 aliphatic heterocycles. The van der Waals surface area contributed by atoms with E-state index in [0.717, 1.165) is 19.0 Å². The summed E-state index contributed by atoms with van der Waals surface area (Å²) in [4.78, 5) is 14.3. The quantitative estimate of drug-likeness (QED) is 0.697. The van der Waals surface area contributed by atoms with Gasteiger partial charge in [0.1, 0.15) is 5.54 Å². The Morgan fingerprint density at radius 2 is 2.06 bits per heavy atom. The van der Waals surface area contributed by atoms with Crippen LogP contribution in [0.15, 0.2) is 0 Å². The van der Waals surface area contributed by atoms with E-state index in [0.29, 0.717) is 6.04 Å². The van der Waals surface area contributed by atoms with Gasteiger partial charge < -0.3 is 9.64 Å². The van der Waals surface area contributed by atoms with E-state index in [1.165, 1.54) is 39.2 Å². The van der Waals surface area contributed by atoms with Gasteiger partial charge in [-0.05, 0) is 45.6 Å². The molecule has 0 radical (unpaired) electrons. The second-order valence-corrected chi connectivity index (χ2v) is 6.24. The van der Waals surface area contributed by atoms with E-state index in [1.54, 1.807) is 0 Å². The van der Waals surface area contributed by atoms with Crippen molar-refractivity contribution in [2.24, 2.45) is 5.92 Å². The maximum Gasteiger partial charge on any atom is 0.327 e. The molecule has 0 aromatic heterocycles. The van der Waals surface area contributed by atoms with Crippen LogP contribution in [-0.4, -0.2) is 49.7 Å². The van der Waals surface area contributed by atoms with Crippen LogP contribution >= 0.6 is 0 Å². The fraction of sp³-hybridized carbons (Fsp3) is 0.929.